The summed E-state index contributed by atoms with van der Waals surface area (Å²) in [5.41, 5.74) is 1.47. The van der Waals surface area contributed by atoms with E-state index in [-0.39, 0.29) is 11.2 Å². The second-order valence-corrected chi connectivity index (χ2v) is 13.3. The second kappa shape index (κ2) is 17.9. The molecular weight excluding hydrogens is 597 g/mol. The molecule has 44 heavy (non-hydrogen) atoms. The van der Waals surface area contributed by atoms with Crippen molar-refractivity contribution in [1.29, 1.82) is 0 Å². The van der Waals surface area contributed by atoms with Crippen LogP contribution in [0.15, 0.2) is 91.0 Å². The van der Waals surface area contributed by atoms with Crippen molar-refractivity contribution in [3.63, 3.8) is 0 Å². The second-order valence-electron chi connectivity index (χ2n) is 10.0. The minimum Gasteiger partial charge on any atom is -0.458 e. The van der Waals surface area contributed by atoms with E-state index in [9.17, 15) is 14.4 Å². The van der Waals surface area contributed by atoms with Crippen LogP contribution >= 0.6 is 23.5 Å². The van der Waals surface area contributed by atoms with Crippen LogP contribution in [0.25, 0.3) is 0 Å². The first-order valence-corrected chi connectivity index (χ1v) is 16.9. The predicted octanol–water partition coefficient (Wildman–Crippen LogP) is 7.01. The van der Waals surface area contributed by atoms with Crippen molar-refractivity contribution in [1.82, 2.24) is 0 Å². The summed E-state index contributed by atoms with van der Waals surface area (Å²) in [6, 6.07) is 29.4. The molecule has 3 aromatic carbocycles. The average Bonchev–Trinajstić information content (AvgIpc) is 3.01. The lowest BCUT2D eigenvalue weighted by Gasteiger charge is -2.39. The van der Waals surface area contributed by atoms with Crippen LogP contribution in [0.4, 0.5) is 0 Å². The number of thioether (sulfide) groups is 2. The maximum atomic E-state index is 12.5. The van der Waals surface area contributed by atoms with Crippen molar-refractivity contribution in [3.8, 4) is 0 Å². The zero-order valence-corrected chi connectivity index (χ0v) is 27.6. The van der Waals surface area contributed by atoms with Gasteiger partial charge in [0, 0.05) is 27.2 Å². The summed E-state index contributed by atoms with van der Waals surface area (Å²) < 4.78 is 24.5. The lowest BCUT2D eigenvalue weighted by molar-refractivity contribution is -0.191. The van der Waals surface area contributed by atoms with E-state index in [0.29, 0.717) is 6.42 Å². The van der Waals surface area contributed by atoms with Gasteiger partial charge in [0.15, 0.2) is 12.2 Å². The molecule has 0 aliphatic carbocycles. The summed E-state index contributed by atoms with van der Waals surface area (Å²) in [5, 5.41) is 0. The maximum Gasteiger partial charge on any atom is 0.303 e. The molecule has 0 amide bonds. The lowest BCUT2D eigenvalue weighted by atomic mass is 9.80. The van der Waals surface area contributed by atoms with Gasteiger partial charge in [0.05, 0.1) is 11.2 Å². The van der Waals surface area contributed by atoms with E-state index in [4.69, 9.17) is 18.9 Å². The Morgan fingerprint density at radius 2 is 1.00 bits per heavy atom. The molecule has 9 heteroatoms. The maximum absolute atomic E-state index is 12.5. The molecule has 0 spiro atoms. The van der Waals surface area contributed by atoms with E-state index in [2.05, 4.69) is 13.8 Å². The van der Waals surface area contributed by atoms with Crippen LogP contribution in [0.2, 0.25) is 0 Å². The van der Waals surface area contributed by atoms with E-state index >= 15 is 0 Å². The van der Waals surface area contributed by atoms with Gasteiger partial charge in [-0.25, -0.2) is 0 Å². The Morgan fingerprint density at radius 1 is 0.614 bits per heavy atom. The first-order chi connectivity index (χ1) is 21.2. The van der Waals surface area contributed by atoms with Gasteiger partial charge in [0.2, 0.25) is 0 Å². The quantitative estimate of drug-likeness (QED) is 0.0670. The number of hydrogen-bond donors (Lipinski definition) is 0. The molecule has 0 N–H and O–H groups in total. The Morgan fingerprint density at radius 3 is 1.36 bits per heavy atom. The van der Waals surface area contributed by atoms with Gasteiger partial charge in [-0.2, -0.15) is 0 Å². The summed E-state index contributed by atoms with van der Waals surface area (Å²) in [6.07, 6.45) is -2.70. The molecule has 0 aromatic heterocycles. The topological polar surface area (TPSA) is 88.1 Å². The molecule has 3 rings (SSSR count). The van der Waals surface area contributed by atoms with E-state index in [1.165, 1.54) is 20.8 Å². The van der Waals surface area contributed by atoms with Gasteiger partial charge in [-0.05, 0) is 28.2 Å². The molecule has 0 aliphatic heterocycles. The zero-order chi connectivity index (χ0) is 32.0. The van der Waals surface area contributed by atoms with Crippen LogP contribution in [-0.2, 0) is 38.9 Å². The fourth-order valence-electron chi connectivity index (χ4n) is 5.18. The number of esters is 3. The third-order valence-corrected chi connectivity index (χ3v) is 9.42. The van der Waals surface area contributed by atoms with E-state index < -0.39 is 41.8 Å². The Balaban J connectivity index is 2.14. The van der Waals surface area contributed by atoms with Gasteiger partial charge < -0.3 is 18.9 Å². The molecule has 0 radical (unpaired) electrons. The SMILES string of the molecule is CCSC(CC(OC(C)=O)C(OC(C)=O)C(COC(c1ccccc1)(c1ccccc1)c1ccccc1)OC(C)=O)SCC. The normalized spacial score (nSPS) is 13.5. The van der Waals surface area contributed by atoms with Gasteiger partial charge in [-0.3, -0.25) is 14.4 Å². The molecule has 3 unspecified atom stereocenters. The fourth-order valence-corrected chi connectivity index (χ4v) is 7.77. The van der Waals surface area contributed by atoms with E-state index in [1.807, 2.05) is 91.0 Å². The van der Waals surface area contributed by atoms with Gasteiger partial charge >= 0.3 is 17.9 Å². The van der Waals surface area contributed by atoms with E-state index in [0.717, 1.165) is 28.2 Å². The molecule has 3 aromatic rings. The fraction of sp³-hybridized carbons (Fsp3) is 0.400. The van der Waals surface area contributed by atoms with E-state index in [1.54, 1.807) is 23.5 Å². The smallest absolute Gasteiger partial charge is 0.303 e. The largest absolute Gasteiger partial charge is 0.458 e. The Kier molecular flexibility index (Phi) is 14.3. The highest BCUT2D eigenvalue weighted by Gasteiger charge is 2.43. The van der Waals surface area contributed by atoms with Gasteiger partial charge in [-0.15, -0.1) is 23.5 Å². The average molecular weight is 639 g/mol. The molecule has 0 aliphatic rings. The molecule has 0 fully saturated rings. The van der Waals surface area contributed by atoms with Crippen molar-refractivity contribution >= 4 is 41.4 Å². The summed E-state index contributed by atoms with van der Waals surface area (Å²) in [7, 11) is 0. The standard InChI is InChI=1S/C35H42O7S2/c1-6-43-33(44-7-2)23-31(40-25(3)36)34(42-27(5)38)32(41-26(4)37)24-39-35(28-17-11-8-12-18-28,29-19-13-9-14-20-29)30-21-15-10-16-22-30/h8-22,31-34H,6-7,23-24H2,1-5H3. The summed E-state index contributed by atoms with van der Waals surface area (Å²) in [5.74, 6) is 0.0143. The minimum atomic E-state index is -1.11. The van der Waals surface area contributed by atoms with Crippen LogP contribution in [0.3, 0.4) is 0 Å². The third-order valence-electron chi connectivity index (χ3n) is 6.80. The van der Waals surface area contributed by atoms with Crippen molar-refractivity contribution < 1.29 is 33.3 Å². The molecule has 0 saturated carbocycles. The van der Waals surface area contributed by atoms with Crippen molar-refractivity contribution in [2.45, 2.75) is 69.5 Å². The van der Waals surface area contributed by atoms with Gasteiger partial charge in [-0.1, -0.05) is 105 Å². The van der Waals surface area contributed by atoms with Crippen molar-refractivity contribution in [2.75, 3.05) is 18.1 Å². The van der Waals surface area contributed by atoms with Crippen LogP contribution in [0, 0.1) is 0 Å². The number of hydrogen-bond acceptors (Lipinski definition) is 9. The van der Waals surface area contributed by atoms with Crippen LogP contribution < -0.4 is 0 Å². The van der Waals surface area contributed by atoms with Crippen LogP contribution in [-0.4, -0.2) is 58.9 Å². The molecule has 7 nitrogen and oxygen atoms in total. The highest BCUT2D eigenvalue weighted by Crippen LogP contribution is 2.41. The minimum absolute atomic E-state index is 0.0587. The molecular formula is C35H42O7S2. The highest BCUT2D eigenvalue weighted by atomic mass is 32.2. The molecule has 0 heterocycles. The number of carbonyl (C=O) groups is 3. The van der Waals surface area contributed by atoms with Crippen molar-refractivity contribution in [3.05, 3.63) is 108 Å². The van der Waals surface area contributed by atoms with Crippen LogP contribution in [0.5, 0.6) is 0 Å². The monoisotopic (exact) mass is 638 g/mol. The number of carbonyl (C=O) groups excluding carboxylic acids is 3. The molecule has 236 valence electrons. The summed E-state index contributed by atoms with van der Waals surface area (Å²) in [6.45, 7) is 7.84. The summed E-state index contributed by atoms with van der Waals surface area (Å²) in [4.78, 5) is 37.3. The Hall–Kier alpha value is -3.27. The lowest BCUT2D eigenvalue weighted by Crippen LogP contribution is -2.49. The zero-order valence-electron chi connectivity index (χ0n) is 26.0. The first kappa shape index (κ1) is 35.2. The number of benzene rings is 3. The number of rotatable bonds is 17. The Bertz CT molecular complexity index is 1200. The first-order valence-electron chi connectivity index (χ1n) is 14.8. The summed E-state index contributed by atoms with van der Waals surface area (Å²) >= 11 is 3.44. The van der Waals surface area contributed by atoms with Gasteiger partial charge in [0.1, 0.15) is 11.7 Å². The van der Waals surface area contributed by atoms with Crippen LogP contribution in [0.1, 0.15) is 57.7 Å². The third kappa shape index (κ3) is 9.87. The predicted molar refractivity (Wildman–Crippen MR) is 176 cm³/mol. The highest BCUT2D eigenvalue weighted by molar-refractivity contribution is 8.16. The molecule has 0 saturated heterocycles. The Labute approximate surface area is 269 Å². The molecule has 3 atom stereocenters. The van der Waals surface area contributed by atoms with Gasteiger partial charge in [0.25, 0.3) is 0 Å². The molecule has 0 bridgehead atoms. The number of ether oxygens (including phenoxy) is 4. The van der Waals surface area contributed by atoms with Crippen molar-refractivity contribution in [2.24, 2.45) is 0 Å².